The third-order valence-corrected chi connectivity index (χ3v) is 3.49. The molecule has 0 amide bonds. The Balaban J connectivity index is 2.43. The van der Waals surface area contributed by atoms with E-state index in [1.807, 2.05) is 49.4 Å². The lowest BCUT2D eigenvalue weighted by Crippen LogP contribution is -2.06. The highest BCUT2D eigenvalue weighted by Gasteiger charge is 2.15. The van der Waals surface area contributed by atoms with Crippen LogP contribution in [-0.4, -0.2) is 12.4 Å². The number of para-hydroxylation sites is 1. The highest BCUT2D eigenvalue weighted by Crippen LogP contribution is 2.23. The third-order valence-electron chi connectivity index (χ3n) is 2.55. The van der Waals surface area contributed by atoms with Gasteiger partial charge in [-0.1, -0.05) is 24.3 Å². The molecule has 0 radical (unpaired) electrons. The van der Waals surface area contributed by atoms with Crippen molar-refractivity contribution in [3.63, 3.8) is 0 Å². The Hall–Kier alpha value is -1.36. The topological polar surface area (TPSA) is 26.3 Å². The maximum atomic E-state index is 12.5. The molecule has 0 aliphatic rings. The minimum Gasteiger partial charge on any atom is -0.493 e. The van der Waals surface area contributed by atoms with E-state index in [1.165, 1.54) is 0 Å². The number of hydrogen-bond acceptors (Lipinski definition) is 2. The Labute approximate surface area is 120 Å². The molecule has 0 fully saturated rings. The Morgan fingerprint density at radius 1 is 1.06 bits per heavy atom. The fraction of sp³-hybridized carbons (Fsp3) is 0.133. The van der Waals surface area contributed by atoms with Gasteiger partial charge >= 0.3 is 0 Å². The van der Waals surface area contributed by atoms with Gasteiger partial charge in [0.2, 0.25) is 0 Å². The lowest BCUT2D eigenvalue weighted by atomic mass is 10.0. The molecule has 18 heavy (non-hydrogen) atoms. The first-order chi connectivity index (χ1) is 8.74. The smallest absolute Gasteiger partial charge is 0.197 e. The Kier molecular flexibility index (Phi) is 4.36. The van der Waals surface area contributed by atoms with Crippen molar-refractivity contribution in [1.82, 2.24) is 0 Å². The Morgan fingerprint density at radius 3 is 2.33 bits per heavy atom. The zero-order chi connectivity index (χ0) is 13.0. The lowest BCUT2D eigenvalue weighted by Gasteiger charge is -2.09. The standard InChI is InChI=1S/C15H13IO2/c1-2-18-14-10-6-4-8-12(14)15(17)11-7-3-5-9-13(11)16/h3-10H,2H2,1H3. The SMILES string of the molecule is CCOc1ccccc1C(=O)c1ccccc1I. The van der Waals surface area contributed by atoms with Crippen molar-refractivity contribution in [3.8, 4) is 5.75 Å². The van der Waals surface area contributed by atoms with Crippen molar-refractivity contribution in [2.75, 3.05) is 6.61 Å². The van der Waals surface area contributed by atoms with Crippen LogP contribution >= 0.6 is 22.6 Å². The number of hydrogen-bond donors (Lipinski definition) is 0. The minimum absolute atomic E-state index is 0.00375. The lowest BCUT2D eigenvalue weighted by molar-refractivity contribution is 0.103. The molecule has 2 nitrogen and oxygen atoms in total. The number of carbonyl (C=O) groups excluding carboxylic acids is 1. The van der Waals surface area contributed by atoms with Gasteiger partial charge in [0.05, 0.1) is 12.2 Å². The predicted octanol–water partition coefficient (Wildman–Crippen LogP) is 3.92. The summed E-state index contributed by atoms with van der Waals surface area (Å²) in [7, 11) is 0. The molecule has 0 saturated heterocycles. The molecule has 92 valence electrons. The van der Waals surface area contributed by atoms with Crippen LogP contribution in [0.3, 0.4) is 0 Å². The molecule has 0 spiro atoms. The van der Waals surface area contributed by atoms with Crippen molar-refractivity contribution in [1.29, 1.82) is 0 Å². The summed E-state index contributed by atoms with van der Waals surface area (Å²) < 4.78 is 6.45. The summed E-state index contributed by atoms with van der Waals surface area (Å²) in [5.74, 6) is 0.647. The molecule has 0 heterocycles. The molecule has 2 rings (SSSR count). The zero-order valence-corrected chi connectivity index (χ0v) is 12.2. The number of benzene rings is 2. The second kappa shape index (κ2) is 6.00. The van der Waals surface area contributed by atoms with Crippen LogP contribution in [0, 0.1) is 3.57 Å². The van der Waals surface area contributed by atoms with Crippen LogP contribution in [0.25, 0.3) is 0 Å². The van der Waals surface area contributed by atoms with E-state index in [0.29, 0.717) is 23.5 Å². The fourth-order valence-corrected chi connectivity index (χ4v) is 2.36. The Morgan fingerprint density at radius 2 is 1.67 bits per heavy atom. The molecule has 0 bridgehead atoms. The molecular weight excluding hydrogens is 339 g/mol. The summed E-state index contributed by atoms with van der Waals surface area (Å²) in [6.45, 7) is 2.46. The number of halogens is 1. The van der Waals surface area contributed by atoms with E-state index in [-0.39, 0.29) is 5.78 Å². The van der Waals surface area contributed by atoms with E-state index in [2.05, 4.69) is 22.6 Å². The van der Waals surface area contributed by atoms with Crippen LogP contribution in [0.5, 0.6) is 5.75 Å². The second-order valence-corrected chi connectivity index (χ2v) is 4.90. The molecule has 0 N–H and O–H groups in total. The van der Waals surface area contributed by atoms with Crippen molar-refractivity contribution < 1.29 is 9.53 Å². The molecule has 0 aliphatic carbocycles. The monoisotopic (exact) mass is 352 g/mol. The van der Waals surface area contributed by atoms with Crippen molar-refractivity contribution >= 4 is 28.4 Å². The van der Waals surface area contributed by atoms with Gasteiger partial charge < -0.3 is 4.74 Å². The first-order valence-corrected chi connectivity index (χ1v) is 6.83. The van der Waals surface area contributed by atoms with Crippen molar-refractivity contribution in [2.24, 2.45) is 0 Å². The molecule has 0 atom stereocenters. The number of carbonyl (C=O) groups is 1. The van der Waals surface area contributed by atoms with Crippen LogP contribution in [0.2, 0.25) is 0 Å². The van der Waals surface area contributed by atoms with Crippen LogP contribution in [0.1, 0.15) is 22.8 Å². The third kappa shape index (κ3) is 2.72. The van der Waals surface area contributed by atoms with E-state index < -0.39 is 0 Å². The van der Waals surface area contributed by atoms with E-state index in [0.717, 1.165) is 3.57 Å². The summed E-state index contributed by atoms with van der Waals surface area (Å²) in [5, 5.41) is 0. The van der Waals surface area contributed by atoms with Gasteiger partial charge in [0.1, 0.15) is 5.75 Å². The second-order valence-electron chi connectivity index (χ2n) is 3.74. The van der Waals surface area contributed by atoms with Crippen LogP contribution in [-0.2, 0) is 0 Å². The van der Waals surface area contributed by atoms with Gasteiger partial charge in [-0.3, -0.25) is 4.79 Å². The van der Waals surface area contributed by atoms with Gasteiger partial charge in [0.25, 0.3) is 0 Å². The largest absolute Gasteiger partial charge is 0.493 e. The summed E-state index contributed by atoms with van der Waals surface area (Å²) >= 11 is 2.17. The van der Waals surface area contributed by atoms with Crippen molar-refractivity contribution in [3.05, 3.63) is 63.2 Å². The summed E-state index contributed by atoms with van der Waals surface area (Å²) in [6, 6.07) is 14.9. The molecular formula is C15H13IO2. The molecule has 2 aromatic carbocycles. The van der Waals surface area contributed by atoms with Crippen LogP contribution in [0.15, 0.2) is 48.5 Å². The molecule has 2 aromatic rings. The van der Waals surface area contributed by atoms with E-state index in [4.69, 9.17) is 4.74 Å². The van der Waals surface area contributed by atoms with E-state index in [1.54, 1.807) is 6.07 Å². The van der Waals surface area contributed by atoms with Gasteiger partial charge in [0, 0.05) is 9.13 Å². The maximum Gasteiger partial charge on any atom is 0.197 e. The molecule has 0 aliphatic heterocycles. The predicted molar refractivity (Wildman–Crippen MR) is 80.2 cm³/mol. The first-order valence-electron chi connectivity index (χ1n) is 5.75. The van der Waals surface area contributed by atoms with Gasteiger partial charge in [-0.05, 0) is 53.8 Å². The molecule has 0 saturated carbocycles. The zero-order valence-electron chi connectivity index (χ0n) is 10.0. The molecule has 0 aromatic heterocycles. The highest BCUT2D eigenvalue weighted by atomic mass is 127. The van der Waals surface area contributed by atoms with Gasteiger partial charge in [-0.2, -0.15) is 0 Å². The van der Waals surface area contributed by atoms with Crippen LogP contribution in [0.4, 0.5) is 0 Å². The van der Waals surface area contributed by atoms with Crippen molar-refractivity contribution in [2.45, 2.75) is 6.92 Å². The van der Waals surface area contributed by atoms with E-state index >= 15 is 0 Å². The average molecular weight is 352 g/mol. The van der Waals surface area contributed by atoms with Gasteiger partial charge in [-0.25, -0.2) is 0 Å². The first kappa shape index (κ1) is 13.1. The number of ether oxygens (including phenoxy) is 1. The summed E-state index contributed by atoms with van der Waals surface area (Å²) in [4.78, 5) is 12.5. The molecule has 3 heteroatoms. The summed E-state index contributed by atoms with van der Waals surface area (Å²) in [5.41, 5.74) is 1.33. The van der Waals surface area contributed by atoms with Crippen LogP contribution < -0.4 is 4.74 Å². The normalized spacial score (nSPS) is 10.1. The molecule has 0 unspecified atom stereocenters. The average Bonchev–Trinajstić information content (AvgIpc) is 2.40. The Bertz CT molecular complexity index is 564. The van der Waals surface area contributed by atoms with E-state index in [9.17, 15) is 4.79 Å². The quantitative estimate of drug-likeness (QED) is 0.616. The number of rotatable bonds is 4. The maximum absolute atomic E-state index is 12.5. The van der Waals surface area contributed by atoms with Gasteiger partial charge in [0.15, 0.2) is 5.78 Å². The number of ketones is 1. The summed E-state index contributed by atoms with van der Waals surface area (Å²) in [6.07, 6.45) is 0. The highest BCUT2D eigenvalue weighted by molar-refractivity contribution is 14.1. The van der Waals surface area contributed by atoms with Gasteiger partial charge in [-0.15, -0.1) is 0 Å². The minimum atomic E-state index is 0.00375. The fourth-order valence-electron chi connectivity index (χ4n) is 1.73.